The van der Waals surface area contributed by atoms with Crippen LogP contribution in [0.5, 0.6) is 11.5 Å². The second kappa shape index (κ2) is 9.76. The number of nitrogens with one attached hydrogen (secondary N) is 1. The fraction of sp³-hybridized carbons (Fsp3) is 0.381. The van der Waals surface area contributed by atoms with Crippen molar-refractivity contribution in [1.29, 1.82) is 0 Å². The maximum absolute atomic E-state index is 12.9. The number of aryl methyl sites for hydroxylation is 1. The van der Waals surface area contributed by atoms with Crippen LogP contribution in [-0.4, -0.2) is 45.9 Å². The molecule has 1 amide bonds. The summed E-state index contributed by atoms with van der Waals surface area (Å²) in [6, 6.07) is 10.0. The minimum absolute atomic E-state index is 0.149. The molecule has 0 radical (unpaired) electrons. The number of hydrogen-bond acceptors (Lipinski definition) is 5. The SMILES string of the molecule is CCN(CC)S(=O)(=O)c1cc(C(=O)NCc2ccc(OC)cc2OC)ccc1C. The molecule has 0 saturated carbocycles. The number of rotatable bonds is 9. The first-order chi connectivity index (χ1) is 13.8. The molecule has 0 aliphatic heterocycles. The van der Waals surface area contributed by atoms with E-state index in [4.69, 9.17) is 9.47 Å². The van der Waals surface area contributed by atoms with E-state index < -0.39 is 10.0 Å². The Balaban J connectivity index is 2.25. The number of carbonyl (C=O) groups excluding carboxylic acids is 1. The quantitative estimate of drug-likeness (QED) is 0.674. The van der Waals surface area contributed by atoms with Crippen LogP contribution in [0.15, 0.2) is 41.3 Å². The molecule has 0 aromatic heterocycles. The molecule has 0 atom stereocenters. The highest BCUT2D eigenvalue weighted by Crippen LogP contribution is 2.25. The van der Waals surface area contributed by atoms with Crippen molar-refractivity contribution in [2.75, 3.05) is 27.3 Å². The minimum Gasteiger partial charge on any atom is -0.497 e. The van der Waals surface area contributed by atoms with Gasteiger partial charge in [0.25, 0.3) is 5.91 Å². The molecule has 0 aliphatic rings. The van der Waals surface area contributed by atoms with Gasteiger partial charge in [0.05, 0.1) is 19.1 Å². The Hall–Kier alpha value is -2.58. The lowest BCUT2D eigenvalue weighted by Gasteiger charge is -2.20. The molecule has 0 fully saturated rings. The number of nitrogens with zero attached hydrogens (tertiary/aromatic N) is 1. The monoisotopic (exact) mass is 420 g/mol. The first-order valence-electron chi connectivity index (χ1n) is 9.38. The smallest absolute Gasteiger partial charge is 0.251 e. The van der Waals surface area contributed by atoms with Crippen LogP contribution in [0.2, 0.25) is 0 Å². The topological polar surface area (TPSA) is 84.9 Å². The van der Waals surface area contributed by atoms with E-state index in [0.717, 1.165) is 5.56 Å². The summed E-state index contributed by atoms with van der Waals surface area (Å²) in [5.41, 5.74) is 1.67. The molecule has 0 bridgehead atoms. The fourth-order valence-corrected chi connectivity index (χ4v) is 4.71. The van der Waals surface area contributed by atoms with Crippen molar-refractivity contribution < 1.29 is 22.7 Å². The summed E-state index contributed by atoms with van der Waals surface area (Å²) in [7, 11) is -0.541. The van der Waals surface area contributed by atoms with Crippen LogP contribution in [0.3, 0.4) is 0 Å². The van der Waals surface area contributed by atoms with Gasteiger partial charge in [-0.2, -0.15) is 4.31 Å². The van der Waals surface area contributed by atoms with Gasteiger partial charge in [0.15, 0.2) is 0 Å². The third kappa shape index (κ3) is 5.07. The Labute approximate surface area is 172 Å². The van der Waals surface area contributed by atoms with E-state index in [2.05, 4.69) is 5.32 Å². The standard InChI is InChI=1S/C21H28N2O5S/c1-6-23(7-2)29(25,26)20-12-16(9-8-15(20)3)21(24)22-14-17-10-11-18(27-4)13-19(17)28-5/h8-13H,6-7,14H2,1-5H3,(H,22,24). The van der Waals surface area contributed by atoms with E-state index in [1.165, 1.54) is 10.4 Å². The van der Waals surface area contributed by atoms with Gasteiger partial charge >= 0.3 is 0 Å². The lowest BCUT2D eigenvalue weighted by atomic mass is 10.1. The number of methoxy groups -OCH3 is 2. The van der Waals surface area contributed by atoms with E-state index >= 15 is 0 Å². The zero-order valence-electron chi connectivity index (χ0n) is 17.5. The molecule has 0 heterocycles. The van der Waals surface area contributed by atoms with Gasteiger partial charge in [0.1, 0.15) is 11.5 Å². The summed E-state index contributed by atoms with van der Waals surface area (Å²) in [6.45, 7) is 6.26. The summed E-state index contributed by atoms with van der Waals surface area (Å²) in [4.78, 5) is 12.8. The molecule has 0 saturated heterocycles. The zero-order chi connectivity index (χ0) is 21.6. The average Bonchev–Trinajstić information content (AvgIpc) is 2.72. The van der Waals surface area contributed by atoms with Gasteiger partial charge < -0.3 is 14.8 Å². The number of ether oxygens (including phenoxy) is 2. The van der Waals surface area contributed by atoms with Crippen molar-refractivity contribution >= 4 is 15.9 Å². The first-order valence-corrected chi connectivity index (χ1v) is 10.8. The lowest BCUT2D eigenvalue weighted by molar-refractivity contribution is 0.0950. The Morgan fingerprint density at radius 1 is 1.03 bits per heavy atom. The molecule has 0 unspecified atom stereocenters. The van der Waals surface area contributed by atoms with Gasteiger partial charge in [-0.05, 0) is 36.8 Å². The van der Waals surface area contributed by atoms with Gasteiger partial charge in [-0.3, -0.25) is 4.79 Å². The van der Waals surface area contributed by atoms with Crippen LogP contribution in [0.4, 0.5) is 0 Å². The first kappa shape index (κ1) is 22.7. The zero-order valence-corrected chi connectivity index (χ0v) is 18.3. The molecule has 1 N–H and O–H groups in total. The van der Waals surface area contributed by atoms with Crippen molar-refractivity contribution in [3.63, 3.8) is 0 Å². The second-order valence-electron chi connectivity index (χ2n) is 6.43. The van der Waals surface area contributed by atoms with Crippen LogP contribution in [0.1, 0.15) is 35.3 Å². The molecule has 2 aromatic rings. The number of carbonyl (C=O) groups is 1. The van der Waals surface area contributed by atoms with Gasteiger partial charge in [-0.25, -0.2) is 8.42 Å². The van der Waals surface area contributed by atoms with Crippen molar-refractivity contribution in [2.24, 2.45) is 0 Å². The summed E-state index contributed by atoms with van der Waals surface area (Å²) in [5.74, 6) is 0.888. The van der Waals surface area contributed by atoms with Gasteiger partial charge in [-0.1, -0.05) is 19.9 Å². The maximum atomic E-state index is 12.9. The number of sulfonamides is 1. The fourth-order valence-electron chi connectivity index (χ4n) is 3.00. The largest absolute Gasteiger partial charge is 0.497 e. The Morgan fingerprint density at radius 3 is 2.31 bits per heavy atom. The van der Waals surface area contributed by atoms with E-state index in [-0.39, 0.29) is 22.9 Å². The molecule has 158 valence electrons. The minimum atomic E-state index is -3.65. The van der Waals surface area contributed by atoms with E-state index in [1.54, 1.807) is 59.3 Å². The van der Waals surface area contributed by atoms with Crippen LogP contribution in [0.25, 0.3) is 0 Å². The molecule has 7 nitrogen and oxygen atoms in total. The Bertz CT molecular complexity index is 969. The van der Waals surface area contributed by atoms with Crippen LogP contribution < -0.4 is 14.8 Å². The summed E-state index contributed by atoms with van der Waals surface area (Å²) >= 11 is 0. The van der Waals surface area contributed by atoms with Gasteiger partial charge in [-0.15, -0.1) is 0 Å². The third-order valence-electron chi connectivity index (χ3n) is 4.71. The highest BCUT2D eigenvalue weighted by molar-refractivity contribution is 7.89. The van der Waals surface area contributed by atoms with E-state index in [0.29, 0.717) is 30.2 Å². The van der Waals surface area contributed by atoms with E-state index in [9.17, 15) is 13.2 Å². The third-order valence-corrected chi connectivity index (χ3v) is 6.90. The predicted octanol–water partition coefficient (Wildman–Crippen LogP) is 2.97. The highest BCUT2D eigenvalue weighted by Gasteiger charge is 2.24. The summed E-state index contributed by atoms with van der Waals surface area (Å²) < 4.78 is 37.6. The molecule has 2 aromatic carbocycles. The lowest BCUT2D eigenvalue weighted by Crippen LogP contribution is -2.31. The van der Waals surface area contributed by atoms with Crippen LogP contribution >= 0.6 is 0 Å². The van der Waals surface area contributed by atoms with Gasteiger partial charge in [0.2, 0.25) is 10.0 Å². The second-order valence-corrected chi connectivity index (χ2v) is 8.34. The van der Waals surface area contributed by atoms with Crippen molar-refractivity contribution in [3.8, 4) is 11.5 Å². The van der Waals surface area contributed by atoms with Gasteiger partial charge in [0, 0.05) is 36.8 Å². The molecular weight excluding hydrogens is 392 g/mol. The van der Waals surface area contributed by atoms with Crippen LogP contribution in [-0.2, 0) is 16.6 Å². The summed E-state index contributed by atoms with van der Waals surface area (Å²) in [6.07, 6.45) is 0. The van der Waals surface area contributed by atoms with E-state index in [1.807, 2.05) is 6.07 Å². The predicted molar refractivity (Wildman–Crippen MR) is 112 cm³/mol. The number of hydrogen-bond donors (Lipinski definition) is 1. The summed E-state index contributed by atoms with van der Waals surface area (Å²) in [5, 5.41) is 2.81. The molecule has 0 spiro atoms. The van der Waals surface area contributed by atoms with Crippen LogP contribution in [0, 0.1) is 6.92 Å². The molecule has 8 heteroatoms. The Kier molecular flexibility index (Phi) is 7.64. The number of amides is 1. The molecule has 29 heavy (non-hydrogen) atoms. The average molecular weight is 421 g/mol. The molecule has 0 aliphatic carbocycles. The molecular formula is C21H28N2O5S. The Morgan fingerprint density at radius 2 is 1.72 bits per heavy atom. The van der Waals surface area contributed by atoms with Crippen molar-refractivity contribution in [3.05, 3.63) is 53.1 Å². The van der Waals surface area contributed by atoms with Crippen molar-refractivity contribution in [1.82, 2.24) is 9.62 Å². The highest BCUT2D eigenvalue weighted by atomic mass is 32.2. The van der Waals surface area contributed by atoms with Crippen molar-refractivity contribution in [2.45, 2.75) is 32.2 Å². The maximum Gasteiger partial charge on any atom is 0.251 e. The normalized spacial score (nSPS) is 11.4. The molecule has 2 rings (SSSR count). The number of benzene rings is 2.